The van der Waals surface area contributed by atoms with Gasteiger partial charge in [0.05, 0.1) is 5.02 Å². The molecule has 1 atom stereocenters. The zero-order chi connectivity index (χ0) is 13.8. The fourth-order valence-corrected chi connectivity index (χ4v) is 2.50. The lowest BCUT2D eigenvalue weighted by atomic mass is 10.1. The lowest BCUT2D eigenvalue weighted by Crippen LogP contribution is -2.30. The maximum absolute atomic E-state index is 12.4. The van der Waals surface area contributed by atoms with Crippen molar-refractivity contribution in [2.24, 2.45) is 5.92 Å². The predicted octanol–water partition coefficient (Wildman–Crippen LogP) is 1.62. The molecule has 19 heavy (non-hydrogen) atoms. The van der Waals surface area contributed by atoms with Crippen LogP contribution in [-0.2, 0) is 0 Å². The van der Waals surface area contributed by atoms with Crippen LogP contribution in [0.3, 0.4) is 0 Å². The molecule has 1 aromatic heterocycles. The molecule has 0 aliphatic carbocycles. The van der Waals surface area contributed by atoms with Crippen LogP contribution in [0.15, 0.2) is 12.1 Å². The fraction of sp³-hybridized carbons (Fsp3) is 0.538. The first-order chi connectivity index (χ1) is 9.15. The van der Waals surface area contributed by atoms with Gasteiger partial charge in [-0.25, -0.2) is 4.98 Å². The molecule has 0 radical (unpaired) electrons. The molecule has 1 aliphatic heterocycles. The van der Waals surface area contributed by atoms with Crippen molar-refractivity contribution in [3.63, 3.8) is 0 Å². The molecule has 6 heteroatoms. The predicted molar refractivity (Wildman–Crippen MR) is 74.5 cm³/mol. The molecule has 2 N–H and O–H groups in total. The monoisotopic (exact) mass is 283 g/mol. The lowest BCUT2D eigenvalue weighted by Gasteiger charge is -2.17. The first kappa shape index (κ1) is 14.1. The minimum absolute atomic E-state index is 0.137. The van der Waals surface area contributed by atoms with E-state index in [4.69, 9.17) is 16.7 Å². The Bertz CT molecular complexity index is 467. The van der Waals surface area contributed by atoms with Crippen molar-refractivity contribution in [2.45, 2.75) is 12.8 Å². The molecule has 0 bridgehead atoms. The summed E-state index contributed by atoms with van der Waals surface area (Å²) in [5.41, 5.74) is 0.290. The Labute approximate surface area is 117 Å². The SMILES string of the molecule is CNc1ccc(Cl)c(C(=O)N2CCC(CCO)C2)n1. The van der Waals surface area contributed by atoms with Crippen molar-refractivity contribution >= 4 is 23.3 Å². The summed E-state index contributed by atoms with van der Waals surface area (Å²) < 4.78 is 0. The summed E-state index contributed by atoms with van der Waals surface area (Å²) in [5, 5.41) is 12.2. The van der Waals surface area contributed by atoms with Gasteiger partial charge >= 0.3 is 0 Å². The Hall–Kier alpha value is -1.33. The average Bonchev–Trinajstić information content (AvgIpc) is 2.88. The van der Waals surface area contributed by atoms with Gasteiger partial charge in [-0.2, -0.15) is 0 Å². The van der Waals surface area contributed by atoms with Crippen molar-refractivity contribution in [2.75, 3.05) is 32.1 Å². The summed E-state index contributed by atoms with van der Waals surface area (Å²) in [6, 6.07) is 3.41. The average molecular weight is 284 g/mol. The van der Waals surface area contributed by atoms with Crippen LogP contribution in [0.25, 0.3) is 0 Å². The molecule has 1 unspecified atom stereocenters. The van der Waals surface area contributed by atoms with Crippen molar-refractivity contribution < 1.29 is 9.90 Å². The Morgan fingerprint density at radius 3 is 3.11 bits per heavy atom. The van der Waals surface area contributed by atoms with E-state index in [0.29, 0.717) is 29.8 Å². The number of aliphatic hydroxyl groups excluding tert-OH is 1. The Balaban J connectivity index is 2.12. The largest absolute Gasteiger partial charge is 0.396 e. The van der Waals surface area contributed by atoms with E-state index < -0.39 is 0 Å². The highest BCUT2D eigenvalue weighted by molar-refractivity contribution is 6.33. The van der Waals surface area contributed by atoms with Crippen molar-refractivity contribution in [1.82, 2.24) is 9.88 Å². The molecule has 5 nitrogen and oxygen atoms in total. The van der Waals surface area contributed by atoms with E-state index in [-0.39, 0.29) is 18.2 Å². The van der Waals surface area contributed by atoms with Gasteiger partial charge in [0.25, 0.3) is 5.91 Å². The number of aliphatic hydroxyl groups is 1. The number of carbonyl (C=O) groups is 1. The number of likely N-dealkylation sites (tertiary alicyclic amines) is 1. The molecule has 1 aliphatic rings. The highest BCUT2D eigenvalue weighted by Gasteiger charge is 2.28. The van der Waals surface area contributed by atoms with Crippen LogP contribution in [0.2, 0.25) is 5.02 Å². The molecule has 0 saturated carbocycles. The highest BCUT2D eigenvalue weighted by atomic mass is 35.5. The third kappa shape index (κ3) is 3.16. The van der Waals surface area contributed by atoms with Gasteiger partial charge in [-0.15, -0.1) is 0 Å². The Morgan fingerprint density at radius 1 is 1.63 bits per heavy atom. The fourth-order valence-electron chi connectivity index (χ4n) is 2.32. The van der Waals surface area contributed by atoms with Crippen LogP contribution in [0.5, 0.6) is 0 Å². The third-order valence-corrected chi connectivity index (χ3v) is 3.72. The van der Waals surface area contributed by atoms with E-state index in [2.05, 4.69) is 10.3 Å². The maximum atomic E-state index is 12.4. The Kier molecular flexibility index (Phi) is 4.61. The number of rotatable bonds is 4. The second-order valence-corrected chi connectivity index (χ2v) is 5.10. The first-order valence-electron chi connectivity index (χ1n) is 6.40. The van der Waals surface area contributed by atoms with E-state index >= 15 is 0 Å². The minimum atomic E-state index is -0.137. The smallest absolute Gasteiger partial charge is 0.274 e. The summed E-state index contributed by atoms with van der Waals surface area (Å²) in [7, 11) is 1.75. The van der Waals surface area contributed by atoms with Gasteiger partial charge in [-0.1, -0.05) is 11.6 Å². The normalized spacial score (nSPS) is 18.7. The van der Waals surface area contributed by atoms with Crippen LogP contribution in [0.1, 0.15) is 23.3 Å². The van der Waals surface area contributed by atoms with Gasteiger partial charge in [-0.3, -0.25) is 4.79 Å². The number of pyridine rings is 1. The number of hydrogen-bond acceptors (Lipinski definition) is 4. The lowest BCUT2D eigenvalue weighted by molar-refractivity contribution is 0.0779. The number of halogens is 1. The minimum Gasteiger partial charge on any atom is -0.396 e. The summed E-state index contributed by atoms with van der Waals surface area (Å²) in [4.78, 5) is 18.4. The molecule has 1 saturated heterocycles. The molecule has 0 spiro atoms. The van der Waals surface area contributed by atoms with Crippen LogP contribution in [-0.4, -0.2) is 47.6 Å². The van der Waals surface area contributed by atoms with Gasteiger partial charge in [0.2, 0.25) is 0 Å². The topological polar surface area (TPSA) is 65.5 Å². The van der Waals surface area contributed by atoms with Crippen molar-refractivity contribution in [1.29, 1.82) is 0 Å². The second-order valence-electron chi connectivity index (χ2n) is 4.70. The first-order valence-corrected chi connectivity index (χ1v) is 6.78. The molecule has 1 amide bonds. The second kappa shape index (κ2) is 6.21. The van der Waals surface area contributed by atoms with Gasteiger partial charge < -0.3 is 15.3 Å². The standard InChI is InChI=1S/C13H18ClN3O2/c1-15-11-3-2-10(14)12(16-11)13(19)17-6-4-9(8-17)5-7-18/h2-3,9,18H,4-8H2,1H3,(H,15,16). The van der Waals surface area contributed by atoms with Gasteiger partial charge in [0.15, 0.2) is 0 Å². The zero-order valence-corrected chi connectivity index (χ0v) is 11.7. The molecule has 104 valence electrons. The number of nitrogens with one attached hydrogen (secondary N) is 1. The molecule has 2 rings (SSSR count). The third-order valence-electron chi connectivity index (χ3n) is 3.42. The zero-order valence-electron chi connectivity index (χ0n) is 10.9. The van der Waals surface area contributed by atoms with Crippen LogP contribution in [0.4, 0.5) is 5.82 Å². The van der Waals surface area contributed by atoms with Gasteiger partial charge in [-0.05, 0) is 30.9 Å². The number of nitrogens with zero attached hydrogens (tertiary/aromatic N) is 2. The Morgan fingerprint density at radius 2 is 2.42 bits per heavy atom. The summed E-state index contributed by atoms with van der Waals surface area (Å²) in [6.45, 7) is 1.54. The maximum Gasteiger partial charge on any atom is 0.274 e. The number of carbonyl (C=O) groups excluding carboxylic acids is 1. The molecule has 1 aromatic rings. The number of aromatic nitrogens is 1. The number of amides is 1. The van der Waals surface area contributed by atoms with E-state index in [1.807, 2.05) is 0 Å². The van der Waals surface area contributed by atoms with Crippen molar-refractivity contribution in [3.05, 3.63) is 22.8 Å². The molecule has 0 aromatic carbocycles. The van der Waals surface area contributed by atoms with Crippen molar-refractivity contribution in [3.8, 4) is 0 Å². The van der Waals surface area contributed by atoms with Gasteiger partial charge in [0, 0.05) is 26.7 Å². The summed E-state index contributed by atoms with van der Waals surface area (Å²) in [5.74, 6) is 0.863. The van der Waals surface area contributed by atoms with Crippen LogP contribution in [0, 0.1) is 5.92 Å². The van der Waals surface area contributed by atoms with Crippen LogP contribution < -0.4 is 5.32 Å². The van der Waals surface area contributed by atoms with E-state index in [0.717, 1.165) is 12.8 Å². The molecule has 1 fully saturated rings. The summed E-state index contributed by atoms with van der Waals surface area (Å²) >= 11 is 6.05. The number of hydrogen-bond donors (Lipinski definition) is 2. The van der Waals surface area contributed by atoms with E-state index in [1.165, 1.54) is 0 Å². The van der Waals surface area contributed by atoms with Crippen LogP contribution >= 0.6 is 11.6 Å². The quantitative estimate of drug-likeness (QED) is 0.881. The molecular formula is C13H18ClN3O2. The molecule has 2 heterocycles. The number of anilines is 1. The van der Waals surface area contributed by atoms with E-state index in [9.17, 15) is 4.79 Å². The van der Waals surface area contributed by atoms with Gasteiger partial charge in [0.1, 0.15) is 11.5 Å². The highest BCUT2D eigenvalue weighted by Crippen LogP contribution is 2.24. The summed E-state index contributed by atoms with van der Waals surface area (Å²) in [6.07, 6.45) is 1.66. The molecular weight excluding hydrogens is 266 g/mol. The van der Waals surface area contributed by atoms with E-state index in [1.54, 1.807) is 24.1 Å².